The van der Waals surface area contributed by atoms with Gasteiger partial charge in [-0.3, -0.25) is 0 Å². The van der Waals surface area contributed by atoms with E-state index in [1.807, 2.05) is 12.1 Å². The van der Waals surface area contributed by atoms with Crippen molar-refractivity contribution in [1.82, 2.24) is 20.2 Å². The van der Waals surface area contributed by atoms with E-state index < -0.39 is 0 Å². The van der Waals surface area contributed by atoms with E-state index in [0.29, 0.717) is 11.7 Å². The van der Waals surface area contributed by atoms with Crippen LogP contribution < -0.4 is 5.32 Å². The van der Waals surface area contributed by atoms with Crippen LogP contribution in [0.3, 0.4) is 0 Å². The van der Waals surface area contributed by atoms with Gasteiger partial charge in [0.05, 0.1) is 17.3 Å². The van der Waals surface area contributed by atoms with Gasteiger partial charge in [0.2, 0.25) is 5.13 Å². The Bertz CT molecular complexity index is 670. The third-order valence-corrected chi connectivity index (χ3v) is 4.41. The minimum Gasteiger partial charge on any atom is -0.467 e. The minimum atomic E-state index is 0.584. The van der Waals surface area contributed by atoms with E-state index in [9.17, 15) is 0 Å². The number of nitrogens with one attached hydrogen (secondary N) is 1. The molecule has 6 nitrogen and oxygen atoms in total. The molecule has 0 unspecified atom stereocenters. The van der Waals surface area contributed by atoms with Crippen LogP contribution in [0.2, 0.25) is 0 Å². The molecule has 0 saturated heterocycles. The molecule has 9 heteroatoms. The number of nitrogens with zero attached hydrogens (tertiary/aromatic N) is 4. The van der Waals surface area contributed by atoms with Crippen LogP contribution in [0.1, 0.15) is 5.76 Å². The standard InChI is InChI=1S/C11H8BrN5OS2/c12-7-4-13-9(14-5-7)19-11-17-16-10(20-11)15-6-8-2-1-3-18-8/h1-5H,6H2,(H,15,16). The summed E-state index contributed by atoms with van der Waals surface area (Å²) in [5.41, 5.74) is 0. The zero-order valence-corrected chi connectivity index (χ0v) is 13.2. The predicted octanol–water partition coefficient (Wildman–Crippen LogP) is 3.45. The second-order valence-corrected chi connectivity index (χ2v) is 6.70. The molecule has 0 aliphatic rings. The van der Waals surface area contributed by atoms with Gasteiger partial charge in [-0.2, -0.15) is 0 Å². The first-order valence-electron chi connectivity index (χ1n) is 5.55. The summed E-state index contributed by atoms with van der Waals surface area (Å²) in [6.45, 7) is 0.584. The third kappa shape index (κ3) is 3.56. The second-order valence-electron chi connectivity index (χ2n) is 3.59. The maximum atomic E-state index is 5.23. The Morgan fingerprint density at radius 2 is 2.15 bits per heavy atom. The fourth-order valence-corrected chi connectivity index (χ4v) is 3.08. The summed E-state index contributed by atoms with van der Waals surface area (Å²) in [6.07, 6.45) is 5.04. The zero-order chi connectivity index (χ0) is 13.8. The Labute approximate surface area is 131 Å². The van der Waals surface area contributed by atoms with Gasteiger partial charge in [-0.05, 0) is 39.8 Å². The molecular formula is C11H8BrN5OS2. The van der Waals surface area contributed by atoms with Crippen LogP contribution in [-0.4, -0.2) is 20.2 Å². The third-order valence-electron chi connectivity index (χ3n) is 2.18. The normalized spacial score (nSPS) is 10.7. The molecule has 0 saturated carbocycles. The number of rotatable bonds is 5. The molecule has 20 heavy (non-hydrogen) atoms. The topological polar surface area (TPSA) is 76.7 Å². The summed E-state index contributed by atoms with van der Waals surface area (Å²) >= 11 is 6.12. The largest absolute Gasteiger partial charge is 0.467 e. The van der Waals surface area contributed by atoms with E-state index >= 15 is 0 Å². The smallest absolute Gasteiger partial charge is 0.206 e. The van der Waals surface area contributed by atoms with Crippen LogP contribution in [-0.2, 0) is 6.54 Å². The Balaban J connectivity index is 1.60. The summed E-state index contributed by atoms with van der Waals surface area (Å²) in [5.74, 6) is 0.852. The van der Waals surface area contributed by atoms with Crippen molar-refractivity contribution in [3.05, 3.63) is 41.0 Å². The molecule has 102 valence electrons. The lowest BCUT2D eigenvalue weighted by Crippen LogP contribution is -1.96. The summed E-state index contributed by atoms with van der Waals surface area (Å²) in [5, 5.41) is 12.7. The van der Waals surface area contributed by atoms with Crippen LogP contribution in [0.25, 0.3) is 0 Å². The molecule has 3 aromatic heterocycles. The number of furan rings is 1. The van der Waals surface area contributed by atoms with Gasteiger partial charge < -0.3 is 9.73 Å². The molecule has 0 aliphatic heterocycles. The van der Waals surface area contributed by atoms with Crippen molar-refractivity contribution >= 4 is 44.2 Å². The molecule has 3 aromatic rings. The molecule has 0 spiro atoms. The van der Waals surface area contributed by atoms with E-state index in [1.165, 1.54) is 23.1 Å². The van der Waals surface area contributed by atoms with E-state index in [4.69, 9.17) is 4.42 Å². The first-order valence-corrected chi connectivity index (χ1v) is 7.97. The maximum absolute atomic E-state index is 5.23. The first kappa shape index (κ1) is 13.5. The molecular weight excluding hydrogens is 362 g/mol. The van der Waals surface area contributed by atoms with E-state index in [2.05, 4.69) is 41.4 Å². The fourth-order valence-electron chi connectivity index (χ4n) is 1.33. The molecule has 0 amide bonds. The lowest BCUT2D eigenvalue weighted by Gasteiger charge is -1.97. The second kappa shape index (κ2) is 6.33. The van der Waals surface area contributed by atoms with Gasteiger partial charge >= 0.3 is 0 Å². The Kier molecular flexibility index (Phi) is 4.28. The Morgan fingerprint density at radius 3 is 2.90 bits per heavy atom. The molecule has 0 radical (unpaired) electrons. The molecule has 3 rings (SSSR count). The van der Waals surface area contributed by atoms with Crippen LogP contribution in [0, 0.1) is 0 Å². The van der Waals surface area contributed by atoms with Gasteiger partial charge in [0.15, 0.2) is 9.50 Å². The number of halogens is 1. The average Bonchev–Trinajstić information content (AvgIpc) is 3.10. The molecule has 0 atom stereocenters. The molecule has 3 heterocycles. The quantitative estimate of drug-likeness (QED) is 0.690. The molecule has 0 bridgehead atoms. The monoisotopic (exact) mass is 369 g/mol. The van der Waals surface area contributed by atoms with Crippen molar-refractivity contribution in [1.29, 1.82) is 0 Å². The van der Waals surface area contributed by atoms with Gasteiger partial charge in [0.25, 0.3) is 0 Å². The lowest BCUT2D eigenvalue weighted by molar-refractivity contribution is 0.518. The highest BCUT2D eigenvalue weighted by Crippen LogP contribution is 2.29. The maximum Gasteiger partial charge on any atom is 0.206 e. The highest BCUT2D eigenvalue weighted by Gasteiger charge is 2.08. The number of aromatic nitrogens is 4. The van der Waals surface area contributed by atoms with Gasteiger partial charge in [0.1, 0.15) is 5.76 Å². The number of hydrogen-bond acceptors (Lipinski definition) is 8. The van der Waals surface area contributed by atoms with Crippen molar-refractivity contribution in [2.75, 3.05) is 5.32 Å². The van der Waals surface area contributed by atoms with E-state index in [-0.39, 0.29) is 0 Å². The number of hydrogen-bond donors (Lipinski definition) is 1. The van der Waals surface area contributed by atoms with Gasteiger partial charge in [-0.15, -0.1) is 10.2 Å². The van der Waals surface area contributed by atoms with E-state index in [0.717, 1.165) is 19.7 Å². The average molecular weight is 370 g/mol. The molecule has 0 fully saturated rings. The fraction of sp³-hybridized carbons (Fsp3) is 0.0909. The Hall–Kier alpha value is -1.45. The SMILES string of the molecule is Brc1cnc(Sc2nnc(NCc3ccco3)s2)nc1. The van der Waals surface area contributed by atoms with Crippen LogP contribution in [0.4, 0.5) is 5.13 Å². The molecule has 0 aliphatic carbocycles. The van der Waals surface area contributed by atoms with Crippen molar-refractivity contribution in [2.24, 2.45) is 0 Å². The van der Waals surface area contributed by atoms with Crippen molar-refractivity contribution < 1.29 is 4.42 Å². The van der Waals surface area contributed by atoms with Crippen molar-refractivity contribution in [2.45, 2.75) is 16.0 Å². The minimum absolute atomic E-state index is 0.584. The summed E-state index contributed by atoms with van der Waals surface area (Å²) in [4.78, 5) is 8.36. The predicted molar refractivity (Wildman–Crippen MR) is 79.8 cm³/mol. The van der Waals surface area contributed by atoms with Crippen molar-refractivity contribution in [3.63, 3.8) is 0 Å². The summed E-state index contributed by atoms with van der Waals surface area (Å²) in [7, 11) is 0. The van der Waals surface area contributed by atoms with Crippen molar-refractivity contribution in [3.8, 4) is 0 Å². The summed E-state index contributed by atoms with van der Waals surface area (Å²) < 4.78 is 6.87. The van der Waals surface area contributed by atoms with Gasteiger partial charge in [-0.25, -0.2) is 9.97 Å². The van der Waals surface area contributed by atoms with Gasteiger partial charge in [0, 0.05) is 12.4 Å². The van der Waals surface area contributed by atoms with Crippen LogP contribution in [0.15, 0.2) is 49.2 Å². The molecule has 1 N–H and O–H groups in total. The van der Waals surface area contributed by atoms with Gasteiger partial charge in [-0.1, -0.05) is 11.3 Å². The number of anilines is 1. The highest BCUT2D eigenvalue weighted by atomic mass is 79.9. The zero-order valence-electron chi connectivity index (χ0n) is 9.99. The summed E-state index contributed by atoms with van der Waals surface area (Å²) in [6, 6.07) is 3.75. The van der Waals surface area contributed by atoms with Crippen LogP contribution >= 0.6 is 39.0 Å². The highest BCUT2D eigenvalue weighted by molar-refractivity contribution is 9.10. The molecule has 0 aromatic carbocycles. The Morgan fingerprint density at radius 1 is 1.30 bits per heavy atom. The van der Waals surface area contributed by atoms with E-state index in [1.54, 1.807) is 18.7 Å². The lowest BCUT2D eigenvalue weighted by atomic mass is 10.4. The van der Waals surface area contributed by atoms with Crippen LogP contribution in [0.5, 0.6) is 0 Å². The first-order chi connectivity index (χ1) is 9.79.